The first-order chi connectivity index (χ1) is 11.2. The summed E-state index contributed by atoms with van der Waals surface area (Å²) < 4.78 is 1.12. The van der Waals surface area contributed by atoms with Gasteiger partial charge in [-0.05, 0) is 42.3 Å². The molecule has 0 saturated heterocycles. The smallest absolute Gasteiger partial charge is 0.163 e. The topological polar surface area (TPSA) is 41.9 Å². The van der Waals surface area contributed by atoms with Crippen LogP contribution in [0.4, 0.5) is 5.82 Å². The lowest BCUT2D eigenvalue weighted by molar-refractivity contribution is 0.849. The maximum atomic E-state index is 4.75. The number of rotatable bonds is 2. The molecule has 0 bridgehead atoms. The predicted octanol–water partition coefficient (Wildman–Crippen LogP) is 4.13. The van der Waals surface area contributed by atoms with Crippen molar-refractivity contribution in [3.63, 3.8) is 0 Å². The Kier molecular flexibility index (Phi) is 3.58. The third-order valence-electron chi connectivity index (χ3n) is 3.98. The van der Waals surface area contributed by atoms with Gasteiger partial charge in [-0.25, -0.2) is 9.97 Å². The molecule has 5 heteroatoms. The molecule has 0 radical (unpaired) electrons. The number of anilines is 1. The molecular formula is C18H15BrN4. The molecule has 114 valence electrons. The summed E-state index contributed by atoms with van der Waals surface area (Å²) in [5.74, 6) is 1.69. The second-order valence-corrected chi connectivity index (χ2v) is 6.62. The van der Waals surface area contributed by atoms with Crippen LogP contribution in [0.25, 0.3) is 11.4 Å². The lowest BCUT2D eigenvalue weighted by atomic mass is 10.1. The Bertz CT molecular complexity index is 864. The van der Waals surface area contributed by atoms with Gasteiger partial charge in [-0.2, -0.15) is 0 Å². The van der Waals surface area contributed by atoms with Gasteiger partial charge in [0.2, 0.25) is 0 Å². The molecule has 0 fully saturated rings. The maximum Gasteiger partial charge on any atom is 0.163 e. The Hall–Kier alpha value is -2.27. The average molecular weight is 367 g/mol. The van der Waals surface area contributed by atoms with Crippen molar-refractivity contribution < 1.29 is 0 Å². The van der Waals surface area contributed by atoms with Crippen LogP contribution < -0.4 is 4.90 Å². The van der Waals surface area contributed by atoms with E-state index in [1.807, 2.05) is 25.1 Å². The molecule has 3 aromatic rings. The normalized spacial score (nSPS) is 13.2. The predicted molar refractivity (Wildman–Crippen MR) is 94.0 cm³/mol. The number of aryl methyl sites for hydroxylation is 1. The van der Waals surface area contributed by atoms with Crippen molar-refractivity contribution in [3.05, 3.63) is 70.1 Å². The molecule has 4 rings (SSSR count). The fourth-order valence-corrected chi connectivity index (χ4v) is 3.27. The first-order valence-corrected chi connectivity index (χ1v) is 8.27. The van der Waals surface area contributed by atoms with Crippen molar-refractivity contribution >= 4 is 21.7 Å². The summed E-state index contributed by atoms with van der Waals surface area (Å²) in [6.45, 7) is 3.76. The number of fused-ring (bicyclic) bond motifs is 1. The van der Waals surface area contributed by atoms with E-state index in [0.717, 1.165) is 40.5 Å². The van der Waals surface area contributed by atoms with E-state index in [1.54, 1.807) is 12.4 Å². The largest absolute Gasteiger partial charge is 0.348 e. The van der Waals surface area contributed by atoms with E-state index < -0.39 is 0 Å². The molecule has 0 unspecified atom stereocenters. The number of hydrogen-bond donors (Lipinski definition) is 0. The second-order valence-electron chi connectivity index (χ2n) is 5.70. The second kappa shape index (κ2) is 5.74. The number of pyridine rings is 1. The minimum Gasteiger partial charge on any atom is -0.348 e. The summed E-state index contributed by atoms with van der Waals surface area (Å²) in [4.78, 5) is 15.8. The van der Waals surface area contributed by atoms with Crippen molar-refractivity contribution in [2.45, 2.75) is 20.0 Å². The van der Waals surface area contributed by atoms with E-state index >= 15 is 0 Å². The molecule has 0 aliphatic carbocycles. The first-order valence-electron chi connectivity index (χ1n) is 7.47. The van der Waals surface area contributed by atoms with Crippen LogP contribution in [0, 0.1) is 6.92 Å². The molecule has 0 amide bonds. The summed E-state index contributed by atoms with van der Waals surface area (Å²) in [5.41, 5.74) is 4.61. The van der Waals surface area contributed by atoms with E-state index in [0.29, 0.717) is 0 Å². The molecule has 0 atom stereocenters. The molecule has 0 N–H and O–H groups in total. The van der Waals surface area contributed by atoms with E-state index in [9.17, 15) is 0 Å². The number of halogens is 1. The Balaban J connectivity index is 1.70. The zero-order chi connectivity index (χ0) is 15.8. The average Bonchev–Trinajstić information content (AvgIpc) is 2.98. The number of hydrogen-bond acceptors (Lipinski definition) is 4. The molecule has 2 aromatic heterocycles. The van der Waals surface area contributed by atoms with Crippen molar-refractivity contribution in [1.29, 1.82) is 0 Å². The van der Waals surface area contributed by atoms with Gasteiger partial charge >= 0.3 is 0 Å². The minimum atomic E-state index is 0.727. The molecule has 1 aliphatic rings. The van der Waals surface area contributed by atoms with Gasteiger partial charge in [0, 0.05) is 47.3 Å². The molecule has 23 heavy (non-hydrogen) atoms. The summed E-state index contributed by atoms with van der Waals surface area (Å²) >= 11 is 3.54. The zero-order valence-corrected chi connectivity index (χ0v) is 14.3. The van der Waals surface area contributed by atoms with Crippen LogP contribution in [-0.2, 0) is 13.1 Å². The lowest BCUT2D eigenvalue weighted by Crippen LogP contribution is -2.17. The van der Waals surface area contributed by atoms with Gasteiger partial charge in [0.25, 0.3) is 0 Å². The zero-order valence-electron chi connectivity index (χ0n) is 12.7. The van der Waals surface area contributed by atoms with Crippen molar-refractivity contribution in [2.24, 2.45) is 0 Å². The maximum absolute atomic E-state index is 4.75. The number of aromatic nitrogens is 3. The highest BCUT2D eigenvalue weighted by Gasteiger charge is 2.21. The highest BCUT2D eigenvalue weighted by Crippen LogP contribution is 2.30. The van der Waals surface area contributed by atoms with Gasteiger partial charge in [0.1, 0.15) is 5.82 Å². The van der Waals surface area contributed by atoms with E-state index in [-0.39, 0.29) is 0 Å². The number of benzene rings is 1. The standard InChI is InChI=1S/C18H15BrN4/c1-12-7-17(22-18(21-12)13-3-2-6-20-9-13)23-10-14-4-5-16(19)8-15(14)11-23/h2-9H,10-11H2,1H3. The fraction of sp³-hybridized carbons (Fsp3) is 0.167. The van der Waals surface area contributed by atoms with Crippen LogP contribution >= 0.6 is 15.9 Å². The Morgan fingerprint density at radius 3 is 2.74 bits per heavy atom. The van der Waals surface area contributed by atoms with Gasteiger partial charge in [0.15, 0.2) is 5.82 Å². The van der Waals surface area contributed by atoms with Gasteiger partial charge in [0.05, 0.1) is 0 Å². The number of nitrogens with zero attached hydrogens (tertiary/aromatic N) is 4. The Morgan fingerprint density at radius 2 is 1.91 bits per heavy atom. The van der Waals surface area contributed by atoms with E-state index in [1.165, 1.54) is 11.1 Å². The monoisotopic (exact) mass is 366 g/mol. The van der Waals surface area contributed by atoms with E-state index in [4.69, 9.17) is 4.98 Å². The fourth-order valence-electron chi connectivity index (χ4n) is 2.86. The van der Waals surface area contributed by atoms with Crippen molar-refractivity contribution in [2.75, 3.05) is 4.90 Å². The summed E-state index contributed by atoms with van der Waals surface area (Å²) in [6.07, 6.45) is 3.56. The van der Waals surface area contributed by atoms with Gasteiger partial charge < -0.3 is 4.90 Å². The van der Waals surface area contributed by atoms with Crippen LogP contribution in [0.3, 0.4) is 0 Å². The summed E-state index contributed by atoms with van der Waals surface area (Å²) in [7, 11) is 0. The lowest BCUT2D eigenvalue weighted by Gasteiger charge is -2.17. The van der Waals surface area contributed by atoms with Gasteiger partial charge in [-0.1, -0.05) is 22.0 Å². The van der Waals surface area contributed by atoms with Gasteiger partial charge in [-0.3, -0.25) is 4.98 Å². The van der Waals surface area contributed by atoms with Crippen LogP contribution in [0.2, 0.25) is 0 Å². The third-order valence-corrected chi connectivity index (χ3v) is 4.47. The van der Waals surface area contributed by atoms with Crippen LogP contribution in [0.1, 0.15) is 16.8 Å². The minimum absolute atomic E-state index is 0.727. The highest BCUT2D eigenvalue weighted by molar-refractivity contribution is 9.10. The van der Waals surface area contributed by atoms with E-state index in [2.05, 4.69) is 49.0 Å². The van der Waals surface area contributed by atoms with Crippen molar-refractivity contribution in [1.82, 2.24) is 15.0 Å². The Labute approximate surface area is 143 Å². The molecule has 1 aromatic carbocycles. The van der Waals surface area contributed by atoms with Crippen LogP contribution in [-0.4, -0.2) is 15.0 Å². The molecule has 3 heterocycles. The third kappa shape index (κ3) is 2.84. The highest BCUT2D eigenvalue weighted by atomic mass is 79.9. The SMILES string of the molecule is Cc1cc(N2Cc3ccc(Br)cc3C2)nc(-c2cccnc2)n1. The summed E-state index contributed by atoms with van der Waals surface area (Å²) in [6, 6.07) is 12.4. The molecule has 0 saturated carbocycles. The molecule has 4 nitrogen and oxygen atoms in total. The summed E-state index contributed by atoms with van der Waals surface area (Å²) in [5, 5.41) is 0. The Morgan fingerprint density at radius 1 is 1.04 bits per heavy atom. The molecular weight excluding hydrogens is 352 g/mol. The molecule has 1 aliphatic heterocycles. The van der Waals surface area contributed by atoms with Crippen LogP contribution in [0.5, 0.6) is 0 Å². The van der Waals surface area contributed by atoms with Crippen molar-refractivity contribution in [3.8, 4) is 11.4 Å². The van der Waals surface area contributed by atoms with Crippen LogP contribution in [0.15, 0.2) is 53.3 Å². The quantitative estimate of drug-likeness (QED) is 0.683. The van der Waals surface area contributed by atoms with Gasteiger partial charge in [-0.15, -0.1) is 0 Å². The molecule has 0 spiro atoms. The first kappa shape index (κ1) is 14.3.